The van der Waals surface area contributed by atoms with Crippen molar-refractivity contribution in [1.82, 2.24) is 5.32 Å². The predicted molar refractivity (Wildman–Crippen MR) is 72.2 cm³/mol. The fourth-order valence-corrected chi connectivity index (χ4v) is 2.63. The van der Waals surface area contributed by atoms with E-state index in [0.717, 1.165) is 12.0 Å². The van der Waals surface area contributed by atoms with Gasteiger partial charge >= 0.3 is 5.97 Å². The van der Waals surface area contributed by atoms with E-state index in [-0.39, 0.29) is 0 Å². The highest BCUT2D eigenvalue weighted by Crippen LogP contribution is 2.44. The number of benzene rings is 1. The third-order valence-corrected chi connectivity index (χ3v) is 3.99. The van der Waals surface area contributed by atoms with Crippen LogP contribution < -0.4 is 5.32 Å². The van der Waals surface area contributed by atoms with Crippen LogP contribution >= 0.6 is 0 Å². The van der Waals surface area contributed by atoms with Gasteiger partial charge in [-0.3, -0.25) is 4.79 Å². The number of hydrogen-bond donors (Lipinski definition) is 2. The van der Waals surface area contributed by atoms with Crippen molar-refractivity contribution >= 4 is 11.9 Å². The maximum absolute atomic E-state index is 12.4. The molecule has 6 heteroatoms. The quantitative estimate of drug-likeness (QED) is 0.847. The molecule has 1 fully saturated rings. The molecule has 0 saturated heterocycles. The molecule has 114 valence electrons. The number of carbonyl (C=O) groups is 2. The van der Waals surface area contributed by atoms with Gasteiger partial charge in [0.2, 0.25) is 12.3 Å². The number of rotatable bonds is 6. The van der Waals surface area contributed by atoms with E-state index in [1.54, 1.807) is 12.1 Å². The standard InChI is InChI=1S/C15H17F2NO3/c16-12(17)9-11(13(19)20)18-14(21)15(7-4-8-15)10-5-2-1-3-6-10/h1-3,5-6,11-12H,4,7-9H2,(H,18,21)(H,19,20). The van der Waals surface area contributed by atoms with Crippen LogP contribution in [-0.2, 0) is 15.0 Å². The van der Waals surface area contributed by atoms with Crippen LogP contribution in [0.15, 0.2) is 30.3 Å². The van der Waals surface area contributed by atoms with Gasteiger partial charge < -0.3 is 10.4 Å². The van der Waals surface area contributed by atoms with Gasteiger partial charge in [-0.15, -0.1) is 0 Å². The van der Waals surface area contributed by atoms with Crippen molar-refractivity contribution in [3.63, 3.8) is 0 Å². The van der Waals surface area contributed by atoms with Gasteiger partial charge in [0, 0.05) is 6.42 Å². The molecule has 0 aromatic heterocycles. The molecule has 1 aliphatic rings. The fraction of sp³-hybridized carbons (Fsp3) is 0.467. The van der Waals surface area contributed by atoms with Gasteiger partial charge in [0.1, 0.15) is 6.04 Å². The number of amides is 1. The molecule has 0 bridgehead atoms. The van der Waals surface area contributed by atoms with Crippen molar-refractivity contribution in [2.75, 3.05) is 0 Å². The van der Waals surface area contributed by atoms with Gasteiger partial charge in [-0.25, -0.2) is 13.6 Å². The molecule has 0 radical (unpaired) electrons. The number of carboxylic acids is 1. The first-order valence-electron chi connectivity index (χ1n) is 6.83. The Morgan fingerprint density at radius 3 is 2.29 bits per heavy atom. The number of carboxylic acid groups (broad SMARTS) is 1. The number of halogens is 2. The Kier molecular flexibility index (Phi) is 4.55. The number of alkyl halides is 2. The van der Waals surface area contributed by atoms with Crippen molar-refractivity contribution in [3.05, 3.63) is 35.9 Å². The van der Waals surface area contributed by atoms with Crippen LogP contribution in [0.25, 0.3) is 0 Å². The van der Waals surface area contributed by atoms with Gasteiger partial charge in [0.25, 0.3) is 0 Å². The van der Waals surface area contributed by atoms with Crippen molar-refractivity contribution in [1.29, 1.82) is 0 Å². The summed E-state index contributed by atoms with van der Waals surface area (Å²) in [5, 5.41) is 11.2. The molecular formula is C15H17F2NO3. The Morgan fingerprint density at radius 1 is 1.24 bits per heavy atom. The van der Waals surface area contributed by atoms with Crippen molar-refractivity contribution < 1.29 is 23.5 Å². The van der Waals surface area contributed by atoms with Crippen molar-refractivity contribution in [2.24, 2.45) is 0 Å². The normalized spacial score (nSPS) is 17.9. The van der Waals surface area contributed by atoms with Crippen molar-refractivity contribution in [2.45, 2.75) is 43.6 Å². The molecule has 4 nitrogen and oxygen atoms in total. The van der Waals surface area contributed by atoms with E-state index in [9.17, 15) is 18.4 Å². The SMILES string of the molecule is O=C(O)C(CC(F)F)NC(=O)C1(c2ccccc2)CCC1. The Bertz CT molecular complexity index is 515. The Hall–Kier alpha value is -1.98. The second-order valence-corrected chi connectivity index (χ2v) is 5.29. The first kappa shape index (κ1) is 15.4. The summed E-state index contributed by atoms with van der Waals surface area (Å²) >= 11 is 0. The van der Waals surface area contributed by atoms with E-state index in [2.05, 4.69) is 5.32 Å². The van der Waals surface area contributed by atoms with Crippen LogP contribution in [0.5, 0.6) is 0 Å². The van der Waals surface area contributed by atoms with Gasteiger partial charge in [-0.1, -0.05) is 36.8 Å². The molecule has 2 N–H and O–H groups in total. The summed E-state index contributed by atoms with van der Waals surface area (Å²) in [6, 6.07) is 7.49. The lowest BCUT2D eigenvalue weighted by Gasteiger charge is -2.41. The lowest BCUT2D eigenvalue weighted by molar-refractivity contribution is -0.144. The molecule has 0 aliphatic heterocycles. The average Bonchev–Trinajstić information content (AvgIpc) is 2.37. The van der Waals surface area contributed by atoms with Crippen LogP contribution in [0.3, 0.4) is 0 Å². The lowest BCUT2D eigenvalue weighted by Crippen LogP contribution is -2.54. The van der Waals surface area contributed by atoms with Gasteiger partial charge in [-0.2, -0.15) is 0 Å². The molecule has 1 unspecified atom stereocenters. The van der Waals surface area contributed by atoms with E-state index in [4.69, 9.17) is 5.11 Å². The maximum atomic E-state index is 12.4. The van der Waals surface area contributed by atoms with Crippen LogP contribution in [0, 0.1) is 0 Å². The van der Waals surface area contributed by atoms with Crippen LogP contribution in [-0.4, -0.2) is 29.5 Å². The molecule has 1 aromatic carbocycles. The fourth-order valence-electron chi connectivity index (χ4n) is 2.63. The smallest absolute Gasteiger partial charge is 0.326 e. The monoisotopic (exact) mass is 297 g/mol. The summed E-state index contributed by atoms with van der Waals surface area (Å²) in [7, 11) is 0. The van der Waals surface area contributed by atoms with E-state index < -0.39 is 36.2 Å². The summed E-state index contributed by atoms with van der Waals surface area (Å²) in [5.74, 6) is -1.92. The predicted octanol–water partition coefficient (Wildman–Crippen LogP) is 2.33. The molecule has 21 heavy (non-hydrogen) atoms. The highest BCUT2D eigenvalue weighted by molar-refractivity contribution is 5.92. The van der Waals surface area contributed by atoms with Crippen LogP contribution in [0.4, 0.5) is 8.78 Å². The summed E-state index contributed by atoms with van der Waals surface area (Å²) in [4.78, 5) is 23.4. The van der Waals surface area contributed by atoms with Gasteiger partial charge in [0.05, 0.1) is 5.41 Å². The summed E-state index contributed by atoms with van der Waals surface area (Å²) in [6.45, 7) is 0. The molecule has 1 saturated carbocycles. The van der Waals surface area contributed by atoms with E-state index in [1.807, 2.05) is 18.2 Å². The van der Waals surface area contributed by atoms with E-state index in [1.165, 1.54) is 0 Å². The maximum Gasteiger partial charge on any atom is 0.326 e. The highest BCUT2D eigenvalue weighted by Gasteiger charge is 2.46. The number of nitrogens with one attached hydrogen (secondary N) is 1. The number of aliphatic carboxylic acids is 1. The molecule has 1 amide bonds. The molecule has 0 heterocycles. The second kappa shape index (κ2) is 6.20. The van der Waals surface area contributed by atoms with Crippen LogP contribution in [0.2, 0.25) is 0 Å². The first-order chi connectivity index (χ1) is 9.95. The second-order valence-electron chi connectivity index (χ2n) is 5.29. The minimum absolute atomic E-state index is 0.479. The zero-order valence-corrected chi connectivity index (χ0v) is 11.4. The Morgan fingerprint density at radius 2 is 1.86 bits per heavy atom. The minimum Gasteiger partial charge on any atom is -0.480 e. The largest absolute Gasteiger partial charge is 0.480 e. The zero-order valence-electron chi connectivity index (χ0n) is 11.4. The molecule has 1 atom stereocenters. The molecule has 0 spiro atoms. The van der Waals surface area contributed by atoms with Crippen LogP contribution in [0.1, 0.15) is 31.2 Å². The highest BCUT2D eigenvalue weighted by atomic mass is 19.3. The summed E-state index contributed by atoms with van der Waals surface area (Å²) < 4.78 is 24.8. The number of hydrogen-bond acceptors (Lipinski definition) is 2. The molecular weight excluding hydrogens is 280 g/mol. The number of carbonyl (C=O) groups excluding carboxylic acids is 1. The molecule has 1 aliphatic carbocycles. The van der Waals surface area contributed by atoms with E-state index >= 15 is 0 Å². The van der Waals surface area contributed by atoms with Crippen molar-refractivity contribution in [3.8, 4) is 0 Å². The average molecular weight is 297 g/mol. The topological polar surface area (TPSA) is 66.4 Å². The van der Waals surface area contributed by atoms with Gasteiger partial charge in [0.15, 0.2) is 0 Å². The van der Waals surface area contributed by atoms with E-state index in [0.29, 0.717) is 12.8 Å². The van der Waals surface area contributed by atoms with Gasteiger partial charge in [-0.05, 0) is 18.4 Å². The molecule has 1 aromatic rings. The molecule has 2 rings (SSSR count). The lowest BCUT2D eigenvalue weighted by atomic mass is 9.63. The minimum atomic E-state index is -2.78. The summed E-state index contributed by atoms with van der Waals surface area (Å²) in [6.07, 6.45) is -1.60. The first-order valence-corrected chi connectivity index (χ1v) is 6.83. The Balaban J connectivity index is 2.15. The third kappa shape index (κ3) is 3.20. The zero-order chi connectivity index (χ0) is 15.5. The summed E-state index contributed by atoms with van der Waals surface area (Å²) in [5.41, 5.74) is 0.0202. The Labute approximate surface area is 121 Å². The third-order valence-electron chi connectivity index (χ3n) is 3.99.